The molecule has 1 N–H and O–H groups in total. The van der Waals surface area contributed by atoms with Crippen LogP contribution in [0.25, 0.3) is 5.69 Å². The number of rotatable bonds is 2. The SMILES string of the molecule is Cc1nn(-c2c(Cl)cccc2CO)c(C)c1Cl. The van der Waals surface area contributed by atoms with Crippen LogP contribution in [0.3, 0.4) is 0 Å². The quantitative estimate of drug-likeness (QED) is 0.910. The van der Waals surface area contributed by atoms with Crippen molar-refractivity contribution >= 4 is 23.2 Å². The number of halogens is 2. The molecule has 5 heteroatoms. The molecule has 2 aromatic rings. The van der Waals surface area contributed by atoms with Crippen molar-refractivity contribution in [1.29, 1.82) is 0 Å². The summed E-state index contributed by atoms with van der Waals surface area (Å²) in [5.74, 6) is 0. The van der Waals surface area contributed by atoms with E-state index >= 15 is 0 Å². The highest BCUT2D eigenvalue weighted by molar-refractivity contribution is 6.33. The van der Waals surface area contributed by atoms with Gasteiger partial charge >= 0.3 is 0 Å². The highest BCUT2D eigenvalue weighted by Crippen LogP contribution is 2.29. The van der Waals surface area contributed by atoms with Crippen LogP contribution >= 0.6 is 23.2 Å². The molecule has 0 amide bonds. The fourth-order valence-corrected chi connectivity index (χ4v) is 2.16. The molecular formula is C12H12Cl2N2O. The molecule has 0 bridgehead atoms. The molecule has 0 aliphatic rings. The molecule has 1 aromatic heterocycles. The van der Waals surface area contributed by atoms with Crippen LogP contribution in [0.15, 0.2) is 18.2 Å². The molecule has 1 aromatic carbocycles. The minimum Gasteiger partial charge on any atom is -0.392 e. The second kappa shape index (κ2) is 4.69. The van der Waals surface area contributed by atoms with E-state index in [0.29, 0.717) is 15.7 Å². The van der Waals surface area contributed by atoms with Gasteiger partial charge in [0.2, 0.25) is 0 Å². The maximum atomic E-state index is 9.34. The summed E-state index contributed by atoms with van der Waals surface area (Å²) in [6.45, 7) is 3.61. The number of aliphatic hydroxyl groups excluding tert-OH is 1. The first-order chi connectivity index (χ1) is 8.06. The van der Waals surface area contributed by atoms with Gasteiger partial charge < -0.3 is 5.11 Å². The fourth-order valence-electron chi connectivity index (χ4n) is 1.77. The van der Waals surface area contributed by atoms with Gasteiger partial charge in [-0.3, -0.25) is 0 Å². The Balaban J connectivity index is 2.72. The number of benzene rings is 1. The average molecular weight is 271 g/mol. The highest BCUT2D eigenvalue weighted by Gasteiger charge is 2.15. The molecule has 2 rings (SSSR count). The first-order valence-corrected chi connectivity index (χ1v) is 5.92. The van der Waals surface area contributed by atoms with Gasteiger partial charge in [0.15, 0.2) is 0 Å². The van der Waals surface area contributed by atoms with Crippen molar-refractivity contribution < 1.29 is 5.11 Å². The van der Waals surface area contributed by atoms with Crippen molar-refractivity contribution in [3.05, 3.63) is 45.2 Å². The van der Waals surface area contributed by atoms with Gasteiger partial charge in [-0.1, -0.05) is 35.3 Å². The second-order valence-corrected chi connectivity index (χ2v) is 4.59. The van der Waals surface area contributed by atoms with Crippen LogP contribution in [0.2, 0.25) is 10.0 Å². The number of aliphatic hydroxyl groups is 1. The summed E-state index contributed by atoms with van der Waals surface area (Å²) in [5.41, 5.74) is 2.96. The number of aromatic nitrogens is 2. The third-order valence-corrected chi connectivity index (χ3v) is 3.51. The maximum Gasteiger partial charge on any atom is 0.0890 e. The molecule has 1 heterocycles. The number of para-hydroxylation sites is 1. The van der Waals surface area contributed by atoms with Crippen molar-refractivity contribution in [3.8, 4) is 5.69 Å². The first-order valence-electron chi connectivity index (χ1n) is 5.16. The molecule has 0 radical (unpaired) electrons. The van der Waals surface area contributed by atoms with Crippen LogP contribution in [0.1, 0.15) is 17.0 Å². The summed E-state index contributed by atoms with van der Waals surface area (Å²) in [4.78, 5) is 0. The van der Waals surface area contributed by atoms with E-state index in [-0.39, 0.29) is 6.61 Å². The van der Waals surface area contributed by atoms with Crippen molar-refractivity contribution in [1.82, 2.24) is 9.78 Å². The van der Waals surface area contributed by atoms with Gasteiger partial charge in [-0.15, -0.1) is 0 Å². The van der Waals surface area contributed by atoms with E-state index < -0.39 is 0 Å². The molecule has 0 saturated heterocycles. The normalized spacial score (nSPS) is 10.9. The van der Waals surface area contributed by atoms with Crippen molar-refractivity contribution in [2.45, 2.75) is 20.5 Å². The van der Waals surface area contributed by atoms with E-state index in [1.165, 1.54) is 0 Å². The van der Waals surface area contributed by atoms with E-state index in [4.69, 9.17) is 23.2 Å². The highest BCUT2D eigenvalue weighted by atomic mass is 35.5. The maximum absolute atomic E-state index is 9.34. The van der Waals surface area contributed by atoms with Crippen LogP contribution in [-0.2, 0) is 6.61 Å². The van der Waals surface area contributed by atoms with Gasteiger partial charge in [0, 0.05) is 5.56 Å². The minimum absolute atomic E-state index is 0.0914. The van der Waals surface area contributed by atoms with Gasteiger partial charge in [-0.25, -0.2) is 4.68 Å². The van der Waals surface area contributed by atoms with Gasteiger partial charge in [-0.05, 0) is 19.9 Å². The molecule has 0 aliphatic heterocycles. The monoisotopic (exact) mass is 270 g/mol. The topological polar surface area (TPSA) is 38.0 Å². The third kappa shape index (κ3) is 2.06. The first kappa shape index (κ1) is 12.4. The van der Waals surface area contributed by atoms with Crippen LogP contribution in [0.4, 0.5) is 0 Å². The van der Waals surface area contributed by atoms with Gasteiger partial charge in [0.25, 0.3) is 0 Å². The summed E-state index contributed by atoms with van der Waals surface area (Å²) in [6, 6.07) is 5.37. The second-order valence-electron chi connectivity index (χ2n) is 3.80. The minimum atomic E-state index is -0.0914. The van der Waals surface area contributed by atoms with E-state index in [1.807, 2.05) is 19.9 Å². The summed E-state index contributed by atoms with van der Waals surface area (Å²) >= 11 is 12.3. The molecule has 0 atom stereocenters. The van der Waals surface area contributed by atoms with Crippen LogP contribution < -0.4 is 0 Å². The molecule has 0 spiro atoms. The lowest BCUT2D eigenvalue weighted by Crippen LogP contribution is -2.04. The lowest BCUT2D eigenvalue weighted by Gasteiger charge is -2.11. The van der Waals surface area contributed by atoms with Gasteiger partial charge in [0.05, 0.1) is 33.7 Å². The summed E-state index contributed by atoms with van der Waals surface area (Å²) in [5, 5.41) is 14.8. The summed E-state index contributed by atoms with van der Waals surface area (Å²) < 4.78 is 1.67. The van der Waals surface area contributed by atoms with Crippen molar-refractivity contribution in [3.63, 3.8) is 0 Å². The van der Waals surface area contributed by atoms with Gasteiger partial charge in [0.1, 0.15) is 0 Å². The fraction of sp³-hybridized carbons (Fsp3) is 0.250. The Kier molecular flexibility index (Phi) is 3.43. The molecule has 90 valence electrons. The van der Waals surface area contributed by atoms with Crippen LogP contribution in [0.5, 0.6) is 0 Å². The van der Waals surface area contributed by atoms with E-state index in [2.05, 4.69) is 5.10 Å². The molecule has 0 aliphatic carbocycles. The average Bonchev–Trinajstić information content (AvgIpc) is 2.56. The number of hydrogen-bond donors (Lipinski definition) is 1. The van der Waals surface area contributed by atoms with E-state index in [0.717, 1.165) is 17.0 Å². The Morgan fingerprint density at radius 1 is 1.29 bits per heavy atom. The van der Waals surface area contributed by atoms with Crippen molar-refractivity contribution in [2.75, 3.05) is 0 Å². The van der Waals surface area contributed by atoms with Crippen LogP contribution in [0, 0.1) is 13.8 Å². The Morgan fingerprint density at radius 2 is 2.00 bits per heavy atom. The predicted octanol–water partition coefficient (Wildman–Crippen LogP) is 3.29. The number of hydrogen-bond acceptors (Lipinski definition) is 2. The molecular weight excluding hydrogens is 259 g/mol. The van der Waals surface area contributed by atoms with E-state index in [1.54, 1.807) is 16.8 Å². The smallest absolute Gasteiger partial charge is 0.0890 e. The molecule has 17 heavy (non-hydrogen) atoms. The lowest BCUT2D eigenvalue weighted by molar-refractivity contribution is 0.281. The zero-order valence-corrected chi connectivity index (χ0v) is 11.0. The molecule has 3 nitrogen and oxygen atoms in total. The third-order valence-electron chi connectivity index (χ3n) is 2.66. The molecule has 0 saturated carbocycles. The summed E-state index contributed by atoms with van der Waals surface area (Å²) in [7, 11) is 0. The van der Waals surface area contributed by atoms with E-state index in [9.17, 15) is 5.11 Å². The summed E-state index contributed by atoms with van der Waals surface area (Å²) in [6.07, 6.45) is 0. The Bertz CT molecular complexity index is 564. The zero-order chi connectivity index (χ0) is 12.6. The Labute approximate surface area is 110 Å². The Hall–Kier alpha value is -1.03. The number of nitrogens with zero attached hydrogens (tertiary/aromatic N) is 2. The van der Waals surface area contributed by atoms with Crippen molar-refractivity contribution in [2.24, 2.45) is 0 Å². The largest absolute Gasteiger partial charge is 0.392 e. The van der Waals surface area contributed by atoms with Gasteiger partial charge in [-0.2, -0.15) is 5.10 Å². The molecule has 0 unspecified atom stereocenters. The zero-order valence-electron chi connectivity index (χ0n) is 9.54. The molecule has 0 fully saturated rings. The predicted molar refractivity (Wildman–Crippen MR) is 69.0 cm³/mol. The standard InChI is InChI=1S/C12H12Cl2N2O/c1-7-11(14)8(2)16(15-7)12-9(6-17)4-3-5-10(12)13/h3-5,17H,6H2,1-2H3. The lowest BCUT2D eigenvalue weighted by atomic mass is 10.2. The number of aryl methyl sites for hydroxylation is 1. The van der Waals surface area contributed by atoms with Crippen LogP contribution in [-0.4, -0.2) is 14.9 Å². The Morgan fingerprint density at radius 3 is 2.53 bits per heavy atom.